The Hall–Kier alpha value is -0.0400. The van der Waals surface area contributed by atoms with Gasteiger partial charge in [0, 0.05) is 18.1 Å². The van der Waals surface area contributed by atoms with Crippen LogP contribution in [0.4, 0.5) is 0 Å². The maximum Gasteiger partial charge on any atom is 0.0102 e. The zero-order valence-corrected chi connectivity index (χ0v) is 9.84. The second-order valence-corrected chi connectivity index (χ2v) is 5.25. The van der Waals surface area contributed by atoms with E-state index in [1.165, 1.54) is 51.4 Å². The summed E-state index contributed by atoms with van der Waals surface area (Å²) in [6.07, 6.45) is 11.6. The lowest BCUT2D eigenvalue weighted by Gasteiger charge is -2.39. The Morgan fingerprint density at radius 2 is 2.00 bits per heavy atom. The largest absolute Gasteiger partial charge is 0.295 e. The molecule has 2 heterocycles. The fraction of sp³-hybridized carbons (Fsp3) is 1.00. The van der Waals surface area contributed by atoms with Gasteiger partial charge in [0.1, 0.15) is 0 Å². The van der Waals surface area contributed by atoms with Crippen LogP contribution < -0.4 is 0 Å². The van der Waals surface area contributed by atoms with Crippen molar-refractivity contribution in [1.29, 1.82) is 0 Å². The molecule has 0 aromatic rings. The summed E-state index contributed by atoms with van der Waals surface area (Å²) in [6.45, 7) is 4.75. The average Bonchev–Trinajstić information content (AvgIpc) is 2.59. The van der Waals surface area contributed by atoms with E-state index in [-0.39, 0.29) is 0 Å². The number of unbranched alkanes of at least 4 members (excludes halogenated alkanes) is 1. The van der Waals surface area contributed by atoms with E-state index in [2.05, 4.69) is 18.7 Å². The van der Waals surface area contributed by atoms with Gasteiger partial charge in [0.25, 0.3) is 0 Å². The van der Waals surface area contributed by atoms with Crippen molar-refractivity contribution in [3.8, 4) is 0 Å². The molecule has 0 radical (unpaired) electrons. The fourth-order valence-corrected chi connectivity index (χ4v) is 3.53. The quantitative estimate of drug-likeness (QED) is 0.665. The molecule has 0 unspecified atom stereocenters. The molecule has 2 fully saturated rings. The number of piperidine rings is 1. The first kappa shape index (κ1) is 10.5. The minimum absolute atomic E-state index is 0.873. The van der Waals surface area contributed by atoms with Gasteiger partial charge in [-0.05, 0) is 39.0 Å². The molecule has 0 aliphatic carbocycles. The molecule has 1 heteroatoms. The van der Waals surface area contributed by atoms with E-state index in [1.54, 1.807) is 0 Å². The molecular formula is C13H25N. The molecule has 0 bridgehead atoms. The third-order valence-corrected chi connectivity index (χ3v) is 4.24. The molecule has 2 rings (SSSR count). The summed E-state index contributed by atoms with van der Waals surface area (Å²) in [5.74, 6) is 0. The first-order valence-electron chi connectivity index (χ1n) is 6.60. The molecule has 82 valence electrons. The van der Waals surface area contributed by atoms with Crippen LogP contribution in [0.15, 0.2) is 0 Å². The molecule has 0 aromatic heterocycles. The number of nitrogens with zero attached hydrogens (tertiary/aromatic N) is 1. The van der Waals surface area contributed by atoms with Crippen LogP contribution in [-0.2, 0) is 0 Å². The predicted octanol–water partition coefficient (Wildman–Crippen LogP) is 3.58. The molecule has 2 aliphatic heterocycles. The van der Waals surface area contributed by atoms with Crippen molar-refractivity contribution in [3.05, 3.63) is 0 Å². The average molecular weight is 195 g/mol. The summed E-state index contributed by atoms with van der Waals surface area (Å²) in [5, 5.41) is 0. The van der Waals surface area contributed by atoms with Crippen molar-refractivity contribution in [2.75, 3.05) is 0 Å². The lowest BCUT2D eigenvalue weighted by molar-refractivity contribution is 0.0875. The SMILES string of the molecule is CCCC[C@H]1CC[C@@H]2CCC[C@@H](C)N12. The summed E-state index contributed by atoms with van der Waals surface area (Å²) in [6, 6.07) is 2.77. The predicted molar refractivity (Wildman–Crippen MR) is 61.5 cm³/mol. The maximum atomic E-state index is 2.86. The Morgan fingerprint density at radius 1 is 1.14 bits per heavy atom. The van der Waals surface area contributed by atoms with Crippen LogP contribution in [0.25, 0.3) is 0 Å². The molecule has 0 saturated carbocycles. The molecule has 3 atom stereocenters. The van der Waals surface area contributed by atoms with E-state index in [0.717, 1.165) is 18.1 Å². The second kappa shape index (κ2) is 4.65. The summed E-state index contributed by atoms with van der Waals surface area (Å²) in [5.41, 5.74) is 0. The van der Waals surface area contributed by atoms with Crippen molar-refractivity contribution in [3.63, 3.8) is 0 Å². The highest BCUT2D eigenvalue weighted by atomic mass is 15.2. The lowest BCUT2D eigenvalue weighted by atomic mass is 9.97. The van der Waals surface area contributed by atoms with E-state index in [1.807, 2.05) is 0 Å². The van der Waals surface area contributed by atoms with Crippen LogP contribution in [-0.4, -0.2) is 23.0 Å². The van der Waals surface area contributed by atoms with Crippen molar-refractivity contribution >= 4 is 0 Å². The van der Waals surface area contributed by atoms with Gasteiger partial charge in [-0.15, -0.1) is 0 Å². The molecule has 14 heavy (non-hydrogen) atoms. The van der Waals surface area contributed by atoms with E-state index in [9.17, 15) is 0 Å². The molecular weight excluding hydrogens is 170 g/mol. The third-order valence-electron chi connectivity index (χ3n) is 4.24. The maximum absolute atomic E-state index is 2.86. The van der Waals surface area contributed by atoms with Crippen molar-refractivity contribution < 1.29 is 0 Å². The minimum atomic E-state index is 0.873. The molecule has 2 saturated heterocycles. The Kier molecular flexibility index (Phi) is 3.48. The number of rotatable bonds is 3. The fourth-order valence-electron chi connectivity index (χ4n) is 3.53. The number of hydrogen-bond acceptors (Lipinski definition) is 1. The Balaban J connectivity index is 1.92. The van der Waals surface area contributed by atoms with Gasteiger partial charge in [-0.1, -0.05) is 26.2 Å². The van der Waals surface area contributed by atoms with Crippen molar-refractivity contribution in [1.82, 2.24) is 4.90 Å². The lowest BCUT2D eigenvalue weighted by Crippen LogP contribution is -2.45. The number of fused-ring (bicyclic) bond motifs is 1. The van der Waals surface area contributed by atoms with E-state index >= 15 is 0 Å². The molecule has 2 aliphatic rings. The van der Waals surface area contributed by atoms with Gasteiger partial charge in [0.2, 0.25) is 0 Å². The molecule has 0 N–H and O–H groups in total. The third kappa shape index (κ3) is 1.98. The van der Waals surface area contributed by atoms with Gasteiger partial charge in [-0.2, -0.15) is 0 Å². The van der Waals surface area contributed by atoms with Gasteiger partial charge >= 0.3 is 0 Å². The van der Waals surface area contributed by atoms with Gasteiger partial charge < -0.3 is 0 Å². The van der Waals surface area contributed by atoms with Crippen LogP contribution in [0.1, 0.15) is 65.2 Å². The number of hydrogen-bond donors (Lipinski definition) is 0. The summed E-state index contributed by atoms with van der Waals surface area (Å²) in [4.78, 5) is 2.86. The Labute approximate surface area is 88.9 Å². The summed E-state index contributed by atoms with van der Waals surface area (Å²) >= 11 is 0. The second-order valence-electron chi connectivity index (χ2n) is 5.25. The van der Waals surface area contributed by atoms with Crippen molar-refractivity contribution in [2.24, 2.45) is 0 Å². The van der Waals surface area contributed by atoms with E-state index in [0.29, 0.717) is 0 Å². The van der Waals surface area contributed by atoms with E-state index in [4.69, 9.17) is 0 Å². The molecule has 0 amide bonds. The first-order chi connectivity index (χ1) is 6.83. The highest BCUT2D eigenvalue weighted by Gasteiger charge is 2.37. The summed E-state index contributed by atoms with van der Waals surface area (Å²) in [7, 11) is 0. The standard InChI is InChI=1S/C13H25N/c1-3-4-7-12-9-10-13-8-5-6-11(2)14(12)13/h11-13H,3-10H2,1-2H3/t11-,12+,13+/m1/s1. The molecule has 0 spiro atoms. The zero-order chi connectivity index (χ0) is 9.97. The van der Waals surface area contributed by atoms with Crippen LogP contribution in [0.5, 0.6) is 0 Å². The highest BCUT2D eigenvalue weighted by Crippen LogP contribution is 2.36. The first-order valence-corrected chi connectivity index (χ1v) is 6.60. The van der Waals surface area contributed by atoms with Gasteiger partial charge in [-0.3, -0.25) is 4.90 Å². The van der Waals surface area contributed by atoms with Crippen LogP contribution in [0.3, 0.4) is 0 Å². The highest BCUT2D eigenvalue weighted by molar-refractivity contribution is 4.93. The topological polar surface area (TPSA) is 3.24 Å². The van der Waals surface area contributed by atoms with Gasteiger partial charge in [0.15, 0.2) is 0 Å². The molecule has 0 aromatic carbocycles. The normalized spacial score (nSPS) is 38.6. The van der Waals surface area contributed by atoms with Crippen molar-refractivity contribution in [2.45, 2.75) is 83.3 Å². The Morgan fingerprint density at radius 3 is 2.79 bits per heavy atom. The zero-order valence-electron chi connectivity index (χ0n) is 9.84. The minimum Gasteiger partial charge on any atom is -0.295 e. The monoisotopic (exact) mass is 195 g/mol. The Bertz CT molecular complexity index is 178. The van der Waals surface area contributed by atoms with Crippen LogP contribution in [0, 0.1) is 0 Å². The smallest absolute Gasteiger partial charge is 0.0102 e. The van der Waals surface area contributed by atoms with Gasteiger partial charge in [-0.25, -0.2) is 0 Å². The summed E-state index contributed by atoms with van der Waals surface area (Å²) < 4.78 is 0. The van der Waals surface area contributed by atoms with Crippen LogP contribution in [0.2, 0.25) is 0 Å². The van der Waals surface area contributed by atoms with Gasteiger partial charge in [0.05, 0.1) is 0 Å². The van der Waals surface area contributed by atoms with Crippen LogP contribution >= 0.6 is 0 Å². The van der Waals surface area contributed by atoms with E-state index < -0.39 is 0 Å². The molecule has 1 nitrogen and oxygen atoms in total.